The van der Waals surface area contributed by atoms with Gasteiger partial charge in [-0.15, -0.1) is 11.8 Å². The number of amidine groups is 1. The number of halogens is 3. The summed E-state index contributed by atoms with van der Waals surface area (Å²) in [5.41, 5.74) is 3.40. The molecule has 0 aliphatic heterocycles. The van der Waals surface area contributed by atoms with E-state index in [1.54, 1.807) is 6.07 Å². The number of thioether (sulfide) groups is 1. The van der Waals surface area contributed by atoms with Crippen molar-refractivity contribution in [3.8, 4) is 0 Å². The molecule has 0 saturated carbocycles. The zero-order valence-electron chi connectivity index (χ0n) is 14.7. The number of aryl methyl sites for hydroxylation is 2. The second-order valence-corrected chi connectivity index (χ2v) is 7.02. The standard InChI is InChI=1S/C19H21F3N2S/c1-13-10-14(2)17(25-12-19(20,21)22)11-16(13)23-18(24(3)4)15-8-6-5-7-9-15/h5-11H,12H2,1-4H3/b23-18-. The quantitative estimate of drug-likeness (QED) is 0.398. The van der Waals surface area contributed by atoms with Crippen molar-refractivity contribution in [2.24, 2.45) is 4.99 Å². The fourth-order valence-electron chi connectivity index (χ4n) is 2.38. The lowest BCUT2D eigenvalue weighted by Gasteiger charge is -2.17. The van der Waals surface area contributed by atoms with Crippen molar-refractivity contribution in [3.05, 3.63) is 59.2 Å². The molecule has 0 saturated heterocycles. The third kappa shape index (κ3) is 5.53. The van der Waals surface area contributed by atoms with E-state index in [2.05, 4.69) is 0 Å². The predicted octanol–water partition coefficient (Wildman–Crippen LogP) is 5.60. The summed E-state index contributed by atoms with van der Waals surface area (Å²) in [5.74, 6) is -0.140. The van der Waals surface area contributed by atoms with E-state index in [0.29, 0.717) is 10.6 Å². The Hall–Kier alpha value is -1.95. The third-order valence-electron chi connectivity index (χ3n) is 3.57. The molecule has 2 aromatic carbocycles. The van der Waals surface area contributed by atoms with Gasteiger partial charge in [-0.3, -0.25) is 0 Å². The van der Waals surface area contributed by atoms with E-state index in [-0.39, 0.29) is 0 Å². The van der Waals surface area contributed by atoms with Gasteiger partial charge in [0, 0.05) is 24.6 Å². The Balaban J connectivity index is 2.43. The largest absolute Gasteiger partial charge is 0.398 e. The molecule has 0 aliphatic carbocycles. The number of nitrogens with zero attached hydrogens (tertiary/aromatic N) is 2. The van der Waals surface area contributed by atoms with E-state index in [1.807, 2.05) is 69.2 Å². The number of rotatable bonds is 4. The second-order valence-electron chi connectivity index (χ2n) is 6.00. The molecule has 0 bridgehead atoms. The average Bonchev–Trinajstić information content (AvgIpc) is 2.52. The number of aliphatic imine (C=N–C) groups is 1. The maximum atomic E-state index is 12.5. The van der Waals surface area contributed by atoms with Crippen molar-refractivity contribution in [2.75, 3.05) is 19.8 Å². The van der Waals surface area contributed by atoms with Crippen molar-refractivity contribution in [3.63, 3.8) is 0 Å². The Morgan fingerprint density at radius 2 is 1.68 bits per heavy atom. The van der Waals surface area contributed by atoms with Crippen LogP contribution in [0.3, 0.4) is 0 Å². The van der Waals surface area contributed by atoms with Crippen LogP contribution in [0.5, 0.6) is 0 Å². The highest BCUT2D eigenvalue weighted by Gasteiger charge is 2.27. The second kappa shape index (κ2) is 7.95. The molecule has 2 aromatic rings. The van der Waals surface area contributed by atoms with Gasteiger partial charge in [0.1, 0.15) is 5.84 Å². The van der Waals surface area contributed by atoms with Crippen molar-refractivity contribution < 1.29 is 13.2 Å². The molecule has 0 unspecified atom stereocenters. The first-order valence-corrected chi connectivity index (χ1v) is 8.78. The molecule has 2 nitrogen and oxygen atoms in total. The van der Waals surface area contributed by atoms with Gasteiger partial charge in [0.15, 0.2) is 0 Å². The maximum Gasteiger partial charge on any atom is 0.398 e. The van der Waals surface area contributed by atoms with Gasteiger partial charge in [0.2, 0.25) is 0 Å². The summed E-state index contributed by atoms with van der Waals surface area (Å²) in [6.45, 7) is 3.74. The van der Waals surface area contributed by atoms with Gasteiger partial charge in [-0.05, 0) is 31.0 Å². The number of hydrogen-bond donors (Lipinski definition) is 0. The molecule has 0 spiro atoms. The molecule has 0 heterocycles. The minimum Gasteiger partial charge on any atom is -0.362 e. The SMILES string of the molecule is Cc1cc(C)c(SCC(F)(F)F)cc1/N=C(/c1ccccc1)N(C)C. The first kappa shape index (κ1) is 19.4. The number of hydrogen-bond acceptors (Lipinski definition) is 2. The molecule has 2 rings (SSSR count). The molecule has 6 heteroatoms. The van der Waals surface area contributed by atoms with Gasteiger partial charge in [-0.2, -0.15) is 13.2 Å². The summed E-state index contributed by atoms with van der Waals surface area (Å²) in [7, 11) is 3.79. The zero-order valence-corrected chi connectivity index (χ0v) is 15.5. The van der Waals surface area contributed by atoms with Crippen molar-refractivity contribution in [1.29, 1.82) is 0 Å². The Kier molecular flexibility index (Phi) is 6.16. The molecule has 0 radical (unpaired) electrons. The van der Waals surface area contributed by atoms with Crippen LogP contribution in [-0.4, -0.2) is 36.8 Å². The molecular formula is C19H21F3N2S. The van der Waals surface area contributed by atoms with Crippen LogP contribution in [0.1, 0.15) is 16.7 Å². The molecule has 0 aliphatic rings. The van der Waals surface area contributed by atoms with Crippen LogP contribution in [0.2, 0.25) is 0 Å². The summed E-state index contributed by atoms with van der Waals surface area (Å²) < 4.78 is 37.6. The lowest BCUT2D eigenvalue weighted by atomic mass is 10.1. The highest BCUT2D eigenvalue weighted by molar-refractivity contribution is 7.99. The summed E-state index contributed by atoms with van der Waals surface area (Å²) in [6.07, 6.45) is -4.19. The van der Waals surface area contributed by atoms with E-state index >= 15 is 0 Å². The Morgan fingerprint density at radius 3 is 2.24 bits per heavy atom. The topological polar surface area (TPSA) is 15.6 Å². The molecule has 0 atom stereocenters. The van der Waals surface area contributed by atoms with Crippen LogP contribution in [0, 0.1) is 13.8 Å². The van der Waals surface area contributed by atoms with E-state index in [1.165, 1.54) is 0 Å². The maximum absolute atomic E-state index is 12.5. The van der Waals surface area contributed by atoms with Crippen LogP contribution in [0.25, 0.3) is 0 Å². The Bertz CT molecular complexity index is 753. The smallest absolute Gasteiger partial charge is 0.362 e. The van der Waals surface area contributed by atoms with Gasteiger partial charge in [0.25, 0.3) is 0 Å². The first-order valence-electron chi connectivity index (χ1n) is 7.79. The van der Waals surface area contributed by atoms with Crippen molar-refractivity contribution in [2.45, 2.75) is 24.9 Å². The normalized spacial score (nSPS) is 12.4. The zero-order chi connectivity index (χ0) is 18.6. The van der Waals surface area contributed by atoms with Gasteiger partial charge >= 0.3 is 6.18 Å². The van der Waals surface area contributed by atoms with Gasteiger partial charge < -0.3 is 4.90 Å². The molecule has 0 aromatic heterocycles. The molecule has 0 amide bonds. The Labute approximate surface area is 150 Å². The van der Waals surface area contributed by atoms with Crippen molar-refractivity contribution in [1.82, 2.24) is 4.90 Å². The molecule has 0 N–H and O–H groups in total. The van der Waals surface area contributed by atoms with E-state index in [9.17, 15) is 13.2 Å². The average molecular weight is 366 g/mol. The van der Waals surface area contributed by atoms with E-state index in [4.69, 9.17) is 4.99 Å². The lowest BCUT2D eigenvalue weighted by Crippen LogP contribution is -2.22. The highest BCUT2D eigenvalue weighted by Crippen LogP contribution is 2.34. The molecule has 134 valence electrons. The van der Waals surface area contributed by atoms with Crippen LogP contribution in [0.15, 0.2) is 52.4 Å². The number of benzene rings is 2. The molecule has 0 fully saturated rings. The first-order chi connectivity index (χ1) is 11.7. The Morgan fingerprint density at radius 1 is 1.04 bits per heavy atom. The van der Waals surface area contributed by atoms with Crippen LogP contribution in [-0.2, 0) is 0 Å². The minimum absolute atomic E-state index is 0.604. The van der Waals surface area contributed by atoms with Crippen molar-refractivity contribution >= 4 is 23.3 Å². The van der Waals surface area contributed by atoms with Gasteiger partial charge in [-0.25, -0.2) is 4.99 Å². The summed E-state index contributed by atoms with van der Waals surface area (Å²) >= 11 is 0.800. The van der Waals surface area contributed by atoms with E-state index in [0.717, 1.165) is 34.3 Å². The van der Waals surface area contributed by atoms with E-state index < -0.39 is 11.9 Å². The summed E-state index contributed by atoms with van der Waals surface area (Å²) in [6, 6.07) is 13.3. The summed E-state index contributed by atoms with van der Waals surface area (Å²) in [5, 5.41) is 0. The van der Waals surface area contributed by atoms with Gasteiger partial charge in [0.05, 0.1) is 11.4 Å². The monoisotopic (exact) mass is 366 g/mol. The lowest BCUT2D eigenvalue weighted by molar-refractivity contribution is -0.105. The molecular weight excluding hydrogens is 345 g/mol. The van der Waals surface area contributed by atoms with Crippen LogP contribution < -0.4 is 0 Å². The fourth-order valence-corrected chi connectivity index (χ4v) is 3.18. The fraction of sp³-hybridized carbons (Fsp3) is 0.316. The predicted molar refractivity (Wildman–Crippen MR) is 99.0 cm³/mol. The third-order valence-corrected chi connectivity index (χ3v) is 4.79. The minimum atomic E-state index is -4.19. The van der Waals surface area contributed by atoms with Gasteiger partial charge in [-0.1, -0.05) is 36.4 Å². The molecule has 25 heavy (non-hydrogen) atoms. The summed E-state index contributed by atoms with van der Waals surface area (Å²) in [4.78, 5) is 7.23. The van der Waals surface area contributed by atoms with Crippen LogP contribution >= 0.6 is 11.8 Å². The van der Waals surface area contributed by atoms with Crippen LogP contribution in [0.4, 0.5) is 18.9 Å². The highest BCUT2D eigenvalue weighted by atomic mass is 32.2. The number of alkyl halides is 3.